The molecule has 2 heterocycles. The van der Waals surface area contributed by atoms with Gasteiger partial charge in [0.05, 0.1) is 18.0 Å². The van der Waals surface area contributed by atoms with E-state index in [-0.39, 0.29) is 29.6 Å². The van der Waals surface area contributed by atoms with Gasteiger partial charge in [-0.1, -0.05) is 36.4 Å². The summed E-state index contributed by atoms with van der Waals surface area (Å²) in [6.45, 7) is 0.172. The minimum absolute atomic E-state index is 0.0422. The lowest BCUT2D eigenvalue weighted by molar-refractivity contribution is -0.122. The molecule has 1 aliphatic rings. The first-order valence-electron chi connectivity index (χ1n) is 8.85. The van der Waals surface area contributed by atoms with Crippen molar-refractivity contribution in [2.24, 2.45) is 5.73 Å². The number of hydrogen-bond donors (Lipinski definition) is 2. The predicted molar refractivity (Wildman–Crippen MR) is 102 cm³/mol. The van der Waals surface area contributed by atoms with Crippen LogP contribution >= 0.6 is 0 Å². The van der Waals surface area contributed by atoms with E-state index in [1.54, 1.807) is 24.3 Å². The Morgan fingerprint density at radius 3 is 2.64 bits per heavy atom. The number of fused-ring (bicyclic) bond motifs is 2. The number of benzene rings is 2. The van der Waals surface area contributed by atoms with E-state index in [0.717, 1.165) is 16.0 Å². The van der Waals surface area contributed by atoms with E-state index >= 15 is 0 Å². The zero-order chi connectivity index (χ0) is 19.7. The van der Waals surface area contributed by atoms with Gasteiger partial charge in [0.1, 0.15) is 12.3 Å². The van der Waals surface area contributed by atoms with Crippen molar-refractivity contribution in [3.63, 3.8) is 0 Å². The van der Waals surface area contributed by atoms with Crippen LogP contribution in [0.2, 0.25) is 0 Å². The number of aromatic nitrogens is 2. The number of carbonyl (C=O) groups excluding carboxylic acids is 2. The SMILES string of the molecule is NC(=O)c1nn(CC(=O)N[C@@H]2CCOc3ccccc32)c(=O)c2ccccc12. The van der Waals surface area contributed by atoms with Crippen LogP contribution < -0.4 is 21.3 Å². The highest BCUT2D eigenvalue weighted by atomic mass is 16.5. The van der Waals surface area contributed by atoms with Gasteiger partial charge in [-0.25, -0.2) is 4.68 Å². The third-order valence-electron chi connectivity index (χ3n) is 4.69. The van der Waals surface area contributed by atoms with Crippen molar-refractivity contribution < 1.29 is 14.3 Å². The maximum atomic E-state index is 12.7. The molecule has 0 spiro atoms. The molecule has 28 heavy (non-hydrogen) atoms. The number of nitrogens with two attached hydrogens (primary N) is 1. The summed E-state index contributed by atoms with van der Waals surface area (Å²) in [5.41, 5.74) is 5.79. The fourth-order valence-electron chi connectivity index (χ4n) is 3.39. The quantitative estimate of drug-likeness (QED) is 0.706. The molecule has 2 amide bonds. The fourth-order valence-corrected chi connectivity index (χ4v) is 3.39. The van der Waals surface area contributed by atoms with Crippen LogP contribution in [0.5, 0.6) is 5.75 Å². The Bertz CT molecular complexity index is 1140. The highest BCUT2D eigenvalue weighted by Crippen LogP contribution is 2.31. The Hall–Kier alpha value is -3.68. The van der Waals surface area contributed by atoms with Crippen LogP contribution in [0.3, 0.4) is 0 Å². The Kier molecular flexibility index (Phi) is 4.52. The smallest absolute Gasteiger partial charge is 0.275 e. The van der Waals surface area contributed by atoms with Gasteiger partial charge in [-0.05, 0) is 12.1 Å². The summed E-state index contributed by atoms with van der Waals surface area (Å²) in [6, 6.07) is 13.8. The number of hydrogen-bond acceptors (Lipinski definition) is 5. The molecule has 0 saturated carbocycles. The molecule has 1 aliphatic heterocycles. The summed E-state index contributed by atoms with van der Waals surface area (Å²) in [6.07, 6.45) is 0.620. The molecule has 0 aliphatic carbocycles. The number of nitrogens with zero attached hydrogens (tertiary/aromatic N) is 2. The molecule has 3 aromatic rings. The lowest BCUT2D eigenvalue weighted by Gasteiger charge is -2.26. The number of para-hydroxylation sites is 1. The molecular formula is C20H18N4O4. The van der Waals surface area contributed by atoms with Crippen molar-refractivity contribution in [1.82, 2.24) is 15.1 Å². The van der Waals surface area contributed by atoms with E-state index in [9.17, 15) is 14.4 Å². The Morgan fingerprint density at radius 2 is 1.86 bits per heavy atom. The summed E-state index contributed by atoms with van der Waals surface area (Å²) in [7, 11) is 0. The van der Waals surface area contributed by atoms with E-state index in [0.29, 0.717) is 18.4 Å². The van der Waals surface area contributed by atoms with Gasteiger partial charge >= 0.3 is 0 Å². The molecule has 4 rings (SSSR count). The van der Waals surface area contributed by atoms with Crippen molar-refractivity contribution in [2.45, 2.75) is 19.0 Å². The second-order valence-corrected chi connectivity index (χ2v) is 6.52. The molecule has 0 bridgehead atoms. The lowest BCUT2D eigenvalue weighted by atomic mass is 10.0. The minimum Gasteiger partial charge on any atom is -0.493 e. The predicted octanol–water partition coefficient (Wildman–Crippen LogP) is 1.14. The number of primary amides is 1. The molecule has 1 aromatic heterocycles. The third kappa shape index (κ3) is 3.20. The Morgan fingerprint density at radius 1 is 1.14 bits per heavy atom. The van der Waals surface area contributed by atoms with Gasteiger partial charge in [0.15, 0.2) is 5.69 Å². The van der Waals surface area contributed by atoms with Crippen molar-refractivity contribution >= 4 is 22.6 Å². The van der Waals surface area contributed by atoms with Gasteiger partial charge in [-0.2, -0.15) is 5.10 Å². The van der Waals surface area contributed by atoms with Crippen LogP contribution in [0, 0.1) is 0 Å². The Labute approximate surface area is 159 Å². The van der Waals surface area contributed by atoms with Gasteiger partial charge in [-0.15, -0.1) is 0 Å². The monoisotopic (exact) mass is 378 g/mol. The first-order chi connectivity index (χ1) is 13.5. The summed E-state index contributed by atoms with van der Waals surface area (Å²) in [4.78, 5) is 37.0. The zero-order valence-corrected chi connectivity index (χ0v) is 14.9. The van der Waals surface area contributed by atoms with Crippen LogP contribution in [0.1, 0.15) is 28.5 Å². The van der Waals surface area contributed by atoms with Crippen molar-refractivity contribution in [1.29, 1.82) is 0 Å². The first-order valence-corrected chi connectivity index (χ1v) is 8.85. The number of rotatable bonds is 4. The van der Waals surface area contributed by atoms with E-state index in [2.05, 4.69) is 10.4 Å². The summed E-state index contributed by atoms with van der Waals surface area (Å²) < 4.78 is 6.57. The van der Waals surface area contributed by atoms with Gasteiger partial charge in [0.25, 0.3) is 11.5 Å². The average Bonchev–Trinajstić information content (AvgIpc) is 2.70. The highest BCUT2D eigenvalue weighted by molar-refractivity contribution is 6.04. The number of carbonyl (C=O) groups is 2. The molecule has 3 N–H and O–H groups in total. The van der Waals surface area contributed by atoms with E-state index in [1.807, 2.05) is 24.3 Å². The van der Waals surface area contributed by atoms with E-state index in [4.69, 9.17) is 10.5 Å². The molecule has 2 aromatic carbocycles. The van der Waals surface area contributed by atoms with Crippen LogP contribution in [0.4, 0.5) is 0 Å². The standard InChI is InChI=1S/C20H18N4O4/c21-19(26)18-12-5-1-2-6-13(12)20(27)24(23-18)11-17(25)22-15-9-10-28-16-8-4-3-7-14(15)16/h1-8,15H,9-11H2,(H2,21,26)(H,22,25)/t15-/m1/s1. The van der Waals surface area contributed by atoms with Gasteiger partial charge < -0.3 is 15.8 Å². The average molecular weight is 378 g/mol. The highest BCUT2D eigenvalue weighted by Gasteiger charge is 2.23. The first kappa shape index (κ1) is 17.7. The molecule has 1 atom stereocenters. The normalized spacial score (nSPS) is 15.5. The lowest BCUT2D eigenvalue weighted by Crippen LogP contribution is -2.38. The largest absolute Gasteiger partial charge is 0.493 e. The maximum absolute atomic E-state index is 12.7. The molecule has 0 radical (unpaired) electrons. The van der Waals surface area contributed by atoms with Crippen LogP contribution in [0.25, 0.3) is 10.8 Å². The van der Waals surface area contributed by atoms with E-state index < -0.39 is 11.5 Å². The number of ether oxygens (including phenoxy) is 1. The van der Waals surface area contributed by atoms with Gasteiger partial charge in [0.2, 0.25) is 5.91 Å². The van der Waals surface area contributed by atoms with E-state index in [1.165, 1.54) is 0 Å². The molecule has 0 fully saturated rings. The van der Waals surface area contributed by atoms with Gasteiger partial charge in [0, 0.05) is 17.4 Å². The zero-order valence-electron chi connectivity index (χ0n) is 14.9. The number of amides is 2. The van der Waals surface area contributed by atoms with Gasteiger partial charge in [-0.3, -0.25) is 14.4 Å². The third-order valence-corrected chi connectivity index (χ3v) is 4.69. The number of nitrogens with one attached hydrogen (secondary N) is 1. The molecule has 8 heteroatoms. The molecular weight excluding hydrogens is 360 g/mol. The second-order valence-electron chi connectivity index (χ2n) is 6.52. The summed E-state index contributed by atoms with van der Waals surface area (Å²) in [5, 5.41) is 7.59. The molecule has 142 valence electrons. The summed E-state index contributed by atoms with van der Waals surface area (Å²) in [5.74, 6) is -0.415. The molecule has 0 unspecified atom stereocenters. The van der Waals surface area contributed by atoms with Crippen molar-refractivity contribution in [2.75, 3.05) is 6.61 Å². The fraction of sp³-hybridized carbons (Fsp3) is 0.200. The van der Waals surface area contributed by atoms with Crippen LogP contribution in [-0.2, 0) is 11.3 Å². The van der Waals surface area contributed by atoms with Crippen LogP contribution in [0.15, 0.2) is 53.3 Å². The molecule has 0 saturated heterocycles. The van der Waals surface area contributed by atoms with Crippen molar-refractivity contribution in [3.05, 3.63) is 70.1 Å². The topological polar surface area (TPSA) is 116 Å². The summed E-state index contributed by atoms with van der Waals surface area (Å²) >= 11 is 0. The maximum Gasteiger partial charge on any atom is 0.275 e. The van der Waals surface area contributed by atoms with Crippen molar-refractivity contribution in [3.8, 4) is 5.75 Å². The Balaban J connectivity index is 1.62. The minimum atomic E-state index is -0.760. The second kappa shape index (κ2) is 7.15. The molecule has 8 nitrogen and oxygen atoms in total. The van der Waals surface area contributed by atoms with Crippen LogP contribution in [-0.4, -0.2) is 28.2 Å².